The van der Waals surface area contributed by atoms with E-state index in [4.69, 9.17) is 15.3 Å². The minimum atomic E-state index is -2.14. The number of aliphatic hydroxyl groups is 5. The van der Waals surface area contributed by atoms with Gasteiger partial charge in [0, 0.05) is 0 Å². The van der Waals surface area contributed by atoms with Crippen LogP contribution in [0.3, 0.4) is 0 Å². The minimum Gasteiger partial charge on any atom is -0.449 e. The monoisotopic (exact) mass is 294 g/mol. The molecule has 10 nitrogen and oxygen atoms in total. The van der Waals surface area contributed by atoms with Crippen molar-refractivity contribution in [3.63, 3.8) is 0 Å². The van der Waals surface area contributed by atoms with Crippen molar-refractivity contribution in [2.45, 2.75) is 30.5 Å². The molecule has 0 radical (unpaired) electrons. The standard InChI is InChI=1S/C10H14O10/c11-1-3(13)5(15)9(17)20-8-6(16)10(18)19-7(8)4(14)2-12/h3-5,7-8,11-15H,1-2H2/t3-,4+,5-,7-,8?/m1/s1. The maximum absolute atomic E-state index is 11.4. The first-order valence-corrected chi connectivity index (χ1v) is 5.54. The topological polar surface area (TPSA) is 171 Å². The molecule has 1 heterocycles. The molecule has 5 atom stereocenters. The normalized spacial score (nSPS) is 26.9. The Morgan fingerprint density at radius 2 is 1.80 bits per heavy atom. The van der Waals surface area contributed by atoms with Crippen molar-refractivity contribution in [3.8, 4) is 0 Å². The number of hydrogen-bond donors (Lipinski definition) is 5. The summed E-state index contributed by atoms with van der Waals surface area (Å²) in [5.74, 6) is -4.13. The van der Waals surface area contributed by atoms with Gasteiger partial charge in [0.15, 0.2) is 12.2 Å². The van der Waals surface area contributed by atoms with Gasteiger partial charge in [-0.15, -0.1) is 0 Å². The van der Waals surface area contributed by atoms with Crippen LogP contribution in [0.4, 0.5) is 0 Å². The maximum Gasteiger partial charge on any atom is 0.379 e. The van der Waals surface area contributed by atoms with Gasteiger partial charge >= 0.3 is 11.9 Å². The van der Waals surface area contributed by atoms with Crippen molar-refractivity contribution in [1.29, 1.82) is 0 Å². The molecule has 0 bridgehead atoms. The number of rotatable bonds is 6. The van der Waals surface area contributed by atoms with Crippen LogP contribution in [0.15, 0.2) is 0 Å². The summed E-state index contributed by atoms with van der Waals surface area (Å²) >= 11 is 0. The van der Waals surface area contributed by atoms with Crippen molar-refractivity contribution in [3.05, 3.63) is 0 Å². The van der Waals surface area contributed by atoms with Crippen LogP contribution in [-0.4, -0.2) is 87.0 Å². The van der Waals surface area contributed by atoms with Gasteiger partial charge in [-0.25, -0.2) is 9.59 Å². The van der Waals surface area contributed by atoms with Crippen molar-refractivity contribution in [2.24, 2.45) is 0 Å². The zero-order chi connectivity index (χ0) is 15.4. The molecule has 114 valence electrons. The van der Waals surface area contributed by atoms with Crippen molar-refractivity contribution >= 4 is 17.7 Å². The first-order chi connectivity index (χ1) is 9.33. The number of cyclic esters (lactones) is 1. The molecule has 5 N–H and O–H groups in total. The SMILES string of the molecule is O=C1O[C@H]([C@@H](O)CO)C(OC(=O)[C@H](O)[C@H](O)CO)C1=O. The molecule has 1 fully saturated rings. The third-order valence-electron chi connectivity index (χ3n) is 2.60. The third kappa shape index (κ3) is 3.29. The van der Waals surface area contributed by atoms with E-state index in [2.05, 4.69) is 9.47 Å². The highest BCUT2D eigenvalue weighted by Crippen LogP contribution is 2.19. The number of carbonyl (C=O) groups excluding carboxylic acids is 3. The highest BCUT2D eigenvalue weighted by molar-refractivity contribution is 6.37. The first kappa shape index (κ1) is 16.5. The first-order valence-electron chi connectivity index (χ1n) is 5.54. The van der Waals surface area contributed by atoms with E-state index < -0.39 is 61.5 Å². The van der Waals surface area contributed by atoms with Crippen LogP contribution in [-0.2, 0) is 23.9 Å². The fourth-order valence-corrected chi connectivity index (χ4v) is 1.47. The van der Waals surface area contributed by atoms with Crippen LogP contribution in [0.25, 0.3) is 0 Å². The zero-order valence-electron chi connectivity index (χ0n) is 10.1. The van der Waals surface area contributed by atoms with E-state index in [1.807, 2.05) is 0 Å². The lowest BCUT2D eigenvalue weighted by Gasteiger charge is -2.22. The summed E-state index contributed by atoms with van der Waals surface area (Å²) in [4.78, 5) is 33.8. The van der Waals surface area contributed by atoms with Crippen molar-refractivity contribution in [1.82, 2.24) is 0 Å². The largest absolute Gasteiger partial charge is 0.449 e. The Morgan fingerprint density at radius 3 is 2.30 bits per heavy atom. The van der Waals surface area contributed by atoms with Gasteiger partial charge < -0.3 is 35.0 Å². The zero-order valence-corrected chi connectivity index (χ0v) is 10.1. The third-order valence-corrected chi connectivity index (χ3v) is 2.60. The Bertz CT molecular complexity index is 393. The Labute approximate surface area is 112 Å². The molecule has 0 aromatic heterocycles. The number of aliphatic hydroxyl groups excluding tert-OH is 5. The molecule has 0 aliphatic carbocycles. The molecule has 1 aliphatic rings. The van der Waals surface area contributed by atoms with Gasteiger partial charge in [0.25, 0.3) is 5.78 Å². The van der Waals surface area contributed by atoms with E-state index in [1.54, 1.807) is 0 Å². The Morgan fingerprint density at radius 1 is 1.20 bits per heavy atom. The quantitative estimate of drug-likeness (QED) is 0.237. The van der Waals surface area contributed by atoms with Crippen LogP contribution in [0, 0.1) is 0 Å². The van der Waals surface area contributed by atoms with E-state index >= 15 is 0 Å². The Hall–Kier alpha value is -1.59. The van der Waals surface area contributed by atoms with Gasteiger partial charge in [0.05, 0.1) is 13.2 Å². The van der Waals surface area contributed by atoms with Gasteiger partial charge in [-0.2, -0.15) is 0 Å². The van der Waals surface area contributed by atoms with Crippen LogP contribution < -0.4 is 0 Å². The second kappa shape index (κ2) is 6.72. The number of ether oxygens (including phenoxy) is 2. The van der Waals surface area contributed by atoms with Crippen molar-refractivity contribution < 1.29 is 49.4 Å². The second-order valence-corrected chi connectivity index (χ2v) is 4.04. The maximum atomic E-state index is 11.4. The van der Waals surface area contributed by atoms with Crippen LogP contribution in [0.5, 0.6) is 0 Å². The predicted molar refractivity (Wildman–Crippen MR) is 57.0 cm³/mol. The second-order valence-electron chi connectivity index (χ2n) is 4.04. The Kier molecular flexibility index (Phi) is 5.53. The van der Waals surface area contributed by atoms with Crippen molar-refractivity contribution in [2.75, 3.05) is 13.2 Å². The molecular formula is C10H14O10. The van der Waals surface area contributed by atoms with Crippen LogP contribution in [0.2, 0.25) is 0 Å². The number of Topliss-reactive ketones (excluding diaryl/α,β-unsaturated/α-hetero) is 1. The van der Waals surface area contributed by atoms with Gasteiger partial charge in [-0.05, 0) is 0 Å². The summed E-state index contributed by atoms with van der Waals surface area (Å²) in [6, 6.07) is 0. The van der Waals surface area contributed by atoms with E-state index in [9.17, 15) is 24.6 Å². The van der Waals surface area contributed by atoms with Crippen LogP contribution in [0.1, 0.15) is 0 Å². The molecule has 0 aromatic carbocycles. The molecule has 0 saturated carbocycles. The molecule has 20 heavy (non-hydrogen) atoms. The van der Waals surface area contributed by atoms with E-state index in [0.29, 0.717) is 0 Å². The average Bonchev–Trinajstić information content (AvgIpc) is 2.72. The van der Waals surface area contributed by atoms with E-state index in [-0.39, 0.29) is 0 Å². The lowest BCUT2D eigenvalue weighted by Crippen LogP contribution is -2.46. The molecule has 0 aromatic rings. The van der Waals surface area contributed by atoms with Gasteiger partial charge in [0.2, 0.25) is 6.10 Å². The van der Waals surface area contributed by atoms with Gasteiger partial charge in [-0.3, -0.25) is 4.79 Å². The minimum absolute atomic E-state index is 0.860. The summed E-state index contributed by atoms with van der Waals surface area (Å²) in [7, 11) is 0. The molecule has 0 spiro atoms. The number of hydrogen-bond acceptors (Lipinski definition) is 10. The molecule has 10 heteroatoms. The molecule has 1 saturated heterocycles. The lowest BCUT2D eigenvalue weighted by molar-refractivity contribution is -0.174. The summed E-state index contributed by atoms with van der Waals surface area (Å²) in [5, 5.41) is 44.9. The summed E-state index contributed by atoms with van der Waals surface area (Å²) < 4.78 is 8.92. The molecular weight excluding hydrogens is 280 g/mol. The molecule has 0 amide bonds. The highest BCUT2D eigenvalue weighted by Gasteiger charge is 2.50. The van der Waals surface area contributed by atoms with Crippen LogP contribution >= 0.6 is 0 Å². The molecule has 1 unspecified atom stereocenters. The fourth-order valence-electron chi connectivity index (χ4n) is 1.47. The Balaban J connectivity index is 2.79. The lowest BCUT2D eigenvalue weighted by atomic mass is 10.1. The average molecular weight is 294 g/mol. The van der Waals surface area contributed by atoms with E-state index in [0.717, 1.165) is 0 Å². The summed E-state index contributed by atoms with van der Waals surface area (Å²) in [5.41, 5.74) is 0. The predicted octanol–water partition coefficient (Wildman–Crippen LogP) is -4.54. The smallest absolute Gasteiger partial charge is 0.379 e. The number of ketones is 1. The fraction of sp³-hybridized carbons (Fsp3) is 0.700. The van der Waals surface area contributed by atoms with Gasteiger partial charge in [0.1, 0.15) is 12.2 Å². The van der Waals surface area contributed by atoms with E-state index in [1.165, 1.54) is 0 Å². The number of carbonyl (C=O) groups is 3. The van der Waals surface area contributed by atoms with Gasteiger partial charge in [-0.1, -0.05) is 0 Å². The summed E-state index contributed by atoms with van der Waals surface area (Å²) in [6.07, 6.45) is -9.10. The number of esters is 2. The highest BCUT2D eigenvalue weighted by atomic mass is 16.6. The summed E-state index contributed by atoms with van der Waals surface area (Å²) in [6.45, 7) is -1.80. The molecule has 1 aliphatic heterocycles. The molecule has 1 rings (SSSR count).